The summed E-state index contributed by atoms with van der Waals surface area (Å²) < 4.78 is 0. The van der Waals surface area contributed by atoms with Gasteiger partial charge in [-0.2, -0.15) is 0 Å². The fourth-order valence-electron chi connectivity index (χ4n) is 2.51. The molecule has 1 unspecified atom stereocenters. The summed E-state index contributed by atoms with van der Waals surface area (Å²) in [6, 6.07) is 0. The minimum absolute atomic E-state index is 1.04. The maximum Gasteiger partial charge on any atom is -0.00179 e. The summed E-state index contributed by atoms with van der Waals surface area (Å²) in [4.78, 5) is 0. The molecular formula is C9H17N. The second kappa shape index (κ2) is 2.91. The Balaban J connectivity index is 1.93. The molecular weight excluding hydrogens is 122 g/mol. The van der Waals surface area contributed by atoms with E-state index >= 15 is 0 Å². The van der Waals surface area contributed by atoms with E-state index in [1.165, 1.54) is 45.2 Å². The highest BCUT2D eigenvalue weighted by atomic mass is 14.9. The van der Waals surface area contributed by atoms with Crippen molar-refractivity contribution in [3.63, 3.8) is 0 Å². The molecule has 0 amide bonds. The fraction of sp³-hybridized carbons (Fsp3) is 1.00. The monoisotopic (exact) mass is 139 g/mol. The molecule has 2 fully saturated rings. The zero-order chi connectivity index (χ0) is 6.81. The molecule has 2 atom stereocenters. The summed E-state index contributed by atoms with van der Waals surface area (Å²) in [5.74, 6) is 2.14. The first-order valence-corrected chi connectivity index (χ1v) is 4.67. The Morgan fingerprint density at radius 3 is 2.50 bits per heavy atom. The lowest BCUT2D eigenvalue weighted by Crippen LogP contribution is -2.38. The van der Waals surface area contributed by atoms with Crippen molar-refractivity contribution in [2.24, 2.45) is 11.8 Å². The van der Waals surface area contributed by atoms with Crippen LogP contribution in [0.5, 0.6) is 0 Å². The normalized spacial score (nSPS) is 40.8. The number of hydrogen-bond acceptors (Lipinski definition) is 1. The number of hydrogen-bond donors (Lipinski definition) is 1. The molecule has 2 rings (SSSR count). The number of piperidine rings is 1. The lowest BCUT2D eigenvalue weighted by molar-refractivity contribution is 0.185. The van der Waals surface area contributed by atoms with Crippen molar-refractivity contribution < 1.29 is 0 Å². The van der Waals surface area contributed by atoms with Crippen LogP contribution in [0.2, 0.25) is 0 Å². The van der Waals surface area contributed by atoms with Crippen LogP contribution in [0.1, 0.15) is 32.1 Å². The Morgan fingerprint density at radius 2 is 1.70 bits per heavy atom. The van der Waals surface area contributed by atoms with Gasteiger partial charge in [-0.05, 0) is 37.8 Å². The zero-order valence-electron chi connectivity index (χ0n) is 6.60. The minimum Gasteiger partial charge on any atom is -0.316 e. The predicted molar refractivity (Wildman–Crippen MR) is 42.9 cm³/mol. The van der Waals surface area contributed by atoms with Crippen LogP contribution in [0.25, 0.3) is 0 Å². The molecule has 1 heterocycles. The Bertz CT molecular complexity index is 85.3. The maximum atomic E-state index is 3.48. The molecule has 1 heteroatoms. The molecule has 1 nitrogen and oxygen atoms in total. The van der Waals surface area contributed by atoms with Gasteiger partial charge in [0.15, 0.2) is 0 Å². The zero-order valence-corrected chi connectivity index (χ0v) is 6.60. The molecule has 58 valence electrons. The van der Waals surface area contributed by atoms with Crippen molar-refractivity contribution in [1.82, 2.24) is 5.32 Å². The molecule has 0 aromatic rings. The van der Waals surface area contributed by atoms with E-state index in [9.17, 15) is 0 Å². The lowest BCUT2D eigenvalue weighted by atomic mass is 9.76. The molecule has 1 N–H and O–H groups in total. The van der Waals surface area contributed by atoms with Crippen LogP contribution in [0.3, 0.4) is 0 Å². The predicted octanol–water partition coefficient (Wildman–Crippen LogP) is 1.79. The van der Waals surface area contributed by atoms with E-state index < -0.39 is 0 Å². The summed E-state index contributed by atoms with van der Waals surface area (Å²) >= 11 is 0. The van der Waals surface area contributed by atoms with Gasteiger partial charge in [0.1, 0.15) is 0 Å². The van der Waals surface area contributed by atoms with Crippen molar-refractivity contribution >= 4 is 0 Å². The topological polar surface area (TPSA) is 12.0 Å². The van der Waals surface area contributed by atoms with Gasteiger partial charge in [-0.3, -0.25) is 0 Å². The quantitative estimate of drug-likeness (QED) is 0.539. The van der Waals surface area contributed by atoms with Crippen LogP contribution < -0.4 is 5.32 Å². The van der Waals surface area contributed by atoms with Crippen molar-refractivity contribution in [1.29, 1.82) is 0 Å². The van der Waals surface area contributed by atoms with E-state index in [1.807, 2.05) is 0 Å². The van der Waals surface area contributed by atoms with E-state index in [4.69, 9.17) is 0 Å². The van der Waals surface area contributed by atoms with Gasteiger partial charge in [0, 0.05) is 0 Å². The summed E-state index contributed by atoms with van der Waals surface area (Å²) in [6.07, 6.45) is 7.46. The Morgan fingerprint density at radius 1 is 0.900 bits per heavy atom. The molecule has 1 aliphatic carbocycles. The molecule has 2 aliphatic rings. The second-order valence-electron chi connectivity index (χ2n) is 3.80. The second-order valence-corrected chi connectivity index (χ2v) is 3.80. The van der Waals surface area contributed by atoms with Crippen LogP contribution >= 0.6 is 0 Å². The summed E-state index contributed by atoms with van der Waals surface area (Å²) in [5, 5.41) is 3.48. The number of nitrogens with one attached hydrogen (secondary N) is 1. The first kappa shape index (κ1) is 6.66. The van der Waals surface area contributed by atoms with Gasteiger partial charge in [-0.15, -0.1) is 0 Å². The third kappa shape index (κ3) is 1.20. The first-order chi connectivity index (χ1) is 4.97. The molecule has 1 saturated carbocycles. The maximum absolute atomic E-state index is 3.48. The van der Waals surface area contributed by atoms with E-state index in [0.717, 1.165) is 11.8 Å². The smallest absolute Gasteiger partial charge is 0.00179 e. The summed E-state index contributed by atoms with van der Waals surface area (Å²) in [6.45, 7) is 2.59. The van der Waals surface area contributed by atoms with E-state index in [2.05, 4.69) is 5.32 Å². The van der Waals surface area contributed by atoms with Crippen molar-refractivity contribution in [2.45, 2.75) is 32.1 Å². The molecule has 0 aromatic heterocycles. The lowest BCUT2D eigenvalue weighted by Gasteiger charge is -2.35. The average Bonchev–Trinajstić information content (AvgIpc) is 2.05. The highest BCUT2D eigenvalue weighted by molar-refractivity contribution is 4.81. The third-order valence-electron chi connectivity index (χ3n) is 3.16. The molecule has 1 saturated heterocycles. The molecule has 1 aliphatic heterocycles. The van der Waals surface area contributed by atoms with Gasteiger partial charge in [-0.1, -0.05) is 19.3 Å². The van der Waals surface area contributed by atoms with Gasteiger partial charge < -0.3 is 5.32 Å². The van der Waals surface area contributed by atoms with Crippen LogP contribution in [-0.2, 0) is 0 Å². The van der Waals surface area contributed by atoms with Crippen LogP contribution in [0, 0.1) is 11.8 Å². The Labute approximate surface area is 63.2 Å². The standard InChI is InChI=1S/C9H17N/c1-2-4-9-7-10-6-5-8(9)3-1/h8-10H,1-7H2/t8-,9?/m1/s1. The van der Waals surface area contributed by atoms with Gasteiger partial charge in [0.05, 0.1) is 0 Å². The highest BCUT2D eigenvalue weighted by Crippen LogP contribution is 2.33. The molecule has 10 heavy (non-hydrogen) atoms. The highest BCUT2D eigenvalue weighted by Gasteiger charge is 2.26. The van der Waals surface area contributed by atoms with Gasteiger partial charge in [0.2, 0.25) is 0 Å². The number of rotatable bonds is 0. The largest absolute Gasteiger partial charge is 0.316 e. The van der Waals surface area contributed by atoms with Crippen molar-refractivity contribution in [3.05, 3.63) is 0 Å². The SMILES string of the molecule is C1CC[C@@H]2CCNCC2C1. The molecule has 0 bridgehead atoms. The molecule has 0 radical (unpaired) electrons. The summed E-state index contributed by atoms with van der Waals surface area (Å²) in [7, 11) is 0. The third-order valence-corrected chi connectivity index (χ3v) is 3.16. The van der Waals surface area contributed by atoms with Crippen LogP contribution in [0.4, 0.5) is 0 Å². The van der Waals surface area contributed by atoms with Crippen molar-refractivity contribution in [2.75, 3.05) is 13.1 Å². The van der Waals surface area contributed by atoms with Crippen LogP contribution in [0.15, 0.2) is 0 Å². The first-order valence-electron chi connectivity index (χ1n) is 4.67. The number of fused-ring (bicyclic) bond motifs is 1. The van der Waals surface area contributed by atoms with Gasteiger partial charge >= 0.3 is 0 Å². The average molecular weight is 139 g/mol. The summed E-state index contributed by atoms with van der Waals surface area (Å²) in [5.41, 5.74) is 0. The molecule has 0 aromatic carbocycles. The van der Waals surface area contributed by atoms with Crippen LogP contribution in [-0.4, -0.2) is 13.1 Å². The Hall–Kier alpha value is -0.0400. The van der Waals surface area contributed by atoms with Crippen molar-refractivity contribution in [3.8, 4) is 0 Å². The molecule has 0 spiro atoms. The van der Waals surface area contributed by atoms with Gasteiger partial charge in [0.25, 0.3) is 0 Å². The minimum atomic E-state index is 1.04. The van der Waals surface area contributed by atoms with Gasteiger partial charge in [-0.25, -0.2) is 0 Å². The van der Waals surface area contributed by atoms with E-state index in [-0.39, 0.29) is 0 Å². The fourth-order valence-corrected chi connectivity index (χ4v) is 2.51. The van der Waals surface area contributed by atoms with E-state index in [1.54, 1.807) is 0 Å². The Kier molecular flexibility index (Phi) is 1.94. The van der Waals surface area contributed by atoms with E-state index in [0.29, 0.717) is 0 Å².